The Balaban J connectivity index is 2.47. The molecule has 1 atom stereocenters. The fourth-order valence-corrected chi connectivity index (χ4v) is 0.921. The zero-order valence-corrected chi connectivity index (χ0v) is 8.30. The van der Waals surface area contributed by atoms with Gasteiger partial charge in [-0.05, 0) is 6.07 Å². The summed E-state index contributed by atoms with van der Waals surface area (Å²) in [4.78, 5) is 14.4. The lowest BCUT2D eigenvalue weighted by Gasteiger charge is -2.09. The Hall–Kier alpha value is -1.82. The summed E-state index contributed by atoms with van der Waals surface area (Å²) >= 11 is 0. The number of carboxylic acids is 1. The second kappa shape index (κ2) is 5.16. The summed E-state index contributed by atoms with van der Waals surface area (Å²) < 4.78 is 4.88. The number of anilines is 1. The Morgan fingerprint density at radius 3 is 2.93 bits per heavy atom. The Morgan fingerprint density at radius 2 is 2.47 bits per heavy atom. The topological polar surface area (TPSA) is 97.5 Å². The number of pyridine rings is 1. The molecule has 6 heteroatoms. The van der Waals surface area contributed by atoms with Crippen LogP contribution in [-0.4, -0.2) is 35.8 Å². The third-order valence-corrected chi connectivity index (χ3v) is 1.79. The second-order valence-electron chi connectivity index (χ2n) is 2.91. The van der Waals surface area contributed by atoms with Crippen molar-refractivity contribution in [2.45, 2.75) is 6.04 Å². The minimum Gasteiger partial charge on any atom is -0.481 e. The van der Waals surface area contributed by atoms with Gasteiger partial charge in [0, 0.05) is 12.6 Å². The molecule has 1 heterocycles. The average molecular weight is 211 g/mol. The monoisotopic (exact) mass is 211 g/mol. The first-order valence-electron chi connectivity index (χ1n) is 4.36. The van der Waals surface area contributed by atoms with Gasteiger partial charge in [0.25, 0.3) is 0 Å². The van der Waals surface area contributed by atoms with Gasteiger partial charge in [-0.15, -0.1) is 0 Å². The third kappa shape index (κ3) is 3.43. The molecule has 6 nitrogen and oxygen atoms in total. The number of hydrogen-bond acceptors (Lipinski definition) is 5. The smallest absolute Gasteiger partial charge is 0.322 e. The van der Waals surface area contributed by atoms with Gasteiger partial charge >= 0.3 is 5.97 Å². The van der Waals surface area contributed by atoms with Crippen molar-refractivity contribution in [2.24, 2.45) is 5.73 Å². The highest BCUT2D eigenvalue weighted by Gasteiger charge is 2.10. The maximum absolute atomic E-state index is 10.4. The molecule has 0 aliphatic carbocycles. The molecule has 0 aromatic carbocycles. The van der Waals surface area contributed by atoms with Crippen molar-refractivity contribution < 1.29 is 14.6 Å². The van der Waals surface area contributed by atoms with E-state index in [1.807, 2.05) is 0 Å². The molecule has 1 aromatic heterocycles. The molecule has 0 aliphatic rings. The number of carboxylic acid groups (broad SMARTS) is 1. The average Bonchev–Trinajstić information content (AvgIpc) is 2.26. The molecular weight excluding hydrogens is 198 g/mol. The number of nitrogens with one attached hydrogen (secondary N) is 1. The maximum atomic E-state index is 10.4. The molecular formula is C9H13N3O3. The summed E-state index contributed by atoms with van der Waals surface area (Å²) in [7, 11) is 1.52. The lowest BCUT2D eigenvalue weighted by atomic mass is 10.3. The van der Waals surface area contributed by atoms with Gasteiger partial charge in [-0.3, -0.25) is 4.79 Å². The summed E-state index contributed by atoms with van der Waals surface area (Å²) in [6, 6.07) is 2.49. The van der Waals surface area contributed by atoms with Crippen molar-refractivity contribution >= 4 is 11.7 Å². The van der Waals surface area contributed by atoms with E-state index in [9.17, 15) is 4.79 Å². The number of methoxy groups -OCH3 is 1. The minimum atomic E-state index is -1.04. The molecule has 0 amide bonds. The SMILES string of the molecule is COc1ccc(NCC(N)C(=O)O)cn1. The van der Waals surface area contributed by atoms with Gasteiger partial charge in [-0.1, -0.05) is 0 Å². The summed E-state index contributed by atoms with van der Waals surface area (Å²) in [6.07, 6.45) is 1.55. The van der Waals surface area contributed by atoms with Crippen LogP contribution in [0.3, 0.4) is 0 Å². The van der Waals surface area contributed by atoms with Gasteiger partial charge in [0.15, 0.2) is 0 Å². The number of hydrogen-bond donors (Lipinski definition) is 3. The van der Waals surface area contributed by atoms with E-state index in [-0.39, 0.29) is 6.54 Å². The van der Waals surface area contributed by atoms with Crippen LogP contribution in [0.4, 0.5) is 5.69 Å². The molecule has 0 fully saturated rings. The quantitative estimate of drug-likeness (QED) is 0.630. The highest BCUT2D eigenvalue weighted by atomic mass is 16.5. The van der Waals surface area contributed by atoms with E-state index in [2.05, 4.69) is 10.3 Å². The Bertz CT molecular complexity index is 326. The van der Waals surface area contributed by atoms with E-state index in [0.29, 0.717) is 11.6 Å². The second-order valence-corrected chi connectivity index (χ2v) is 2.91. The van der Waals surface area contributed by atoms with Gasteiger partial charge in [0.1, 0.15) is 6.04 Å². The predicted octanol–water partition coefficient (Wildman–Crippen LogP) is -0.0860. The van der Waals surface area contributed by atoms with Gasteiger partial charge in [-0.25, -0.2) is 4.98 Å². The Kier molecular flexibility index (Phi) is 3.87. The first-order chi connectivity index (χ1) is 7.13. The number of ether oxygens (including phenoxy) is 1. The Morgan fingerprint density at radius 1 is 1.73 bits per heavy atom. The lowest BCUT2D eigenvalue weighted by Crippen LogP contribution is -2.36. The fourth-order valence-electron chi connectivity index (χ4n) is 0.921. The van der Waals surface area contributed by atoms with Crippen LogP contribution < -0.4 is 15.8 Å². The normalized spacial score (nSPS) is 11.9. The zero-order valence-electron chi connectivity index (χ0n) is 8.30. The maximum Gasteiger partial charge on any atom is 0.322 e. The first kappa shape index (κ1) is 11.3. The van der Waals surface area contributed by atoms with Crippen LogP contribution in [0.5, 0.6) is 5.88 Å². The van der Waals surface area contributed by atoms with Gasteiger partial charge in [-0.2, -0.15) is 0 Å². The number of aromatic nitrogens is 1. The van der Waals surface area contributed by atoms with E-state index in [1.165, 1.54) is 7.11 Å². The van der Waals surface area contributed by atoms with Crippen LogP contribution in [0.2, 0.25) is 0 Å². The van der Waals surface area contributed by atoms with Crippen LogP contribution in [0, 0.1) is 0 Å². The predicted molar refractivity (Wildman–Crippen MR) is 54.9 cm³/mol. The molecule has 0 spiro atoms. The van der Waals surface area contributed by atoms with E-state index < -0.39 is 12.0 Å². The van der Waals surface area contributed by atoms with Gasteiger partial charge < -0.3 is 20.9 Å². The highest BCUT2D eigenvalue weighted by molar-refractivity contribution is 5.74. The zero-order chi connectivity index (χ0) is 11.3. The van der Waals surface area contributed by atoms with Crippen LogP contribution in [0.25, 0.3) is 0 Å². The molecule has 0 aliphatic heterocycles. The Labute approximate surface area is 87.1 Å². The summed E-state index contributed by atoms with van der Waals surface area (Å²) in [5.41, 5.74) is 6.01. The van der Waals surface area contributed by atoms with E-state index >= 15 is 0 Å². The molecule has 1 unspecified atom stereocenters. The highest BCUT2D eigenvalue weighted by Crippen LogP contribution is 2.10. The number of aliphatic carboxylic acids is 1. The van der Waals surface area contributed by atoms with Crippen molar-refractivity contribution in [3.63, 3.8) is 0 Å². The minimum absolute atomic E-state index is 0.156. The van der Waals surface area contributed by atoms with Crippen molar-refractivity contribution in [1.29, 1.82) is 0 Å². The van der Waals surface area contributed by atoms with Crippen molar-refractivity contribution in [3.05, 3.63) is 18.3 Å². The molecule has 0 saturated carbocycles. The van der Waals surface area contributed by atoms with Crippen molar-refractivity contribution in [1.82, 2.24) is 4.98 Å². The molecule has 4 N–H and O–H groups in total. The standard InChI is InChI=1S/C9H13N3O3/c1-15-8-3-2-6(4-12-8)11-5-7(10)9(13)14/h2-4,7,11H,5,10H2,1H3,(H,13,14). The largest absolute Gasteiger partial charge is 0.481 e. The van der Waals surface area contributed by atoms with Crippen LogP contribution in [-0.2, 0) is 4.79 Å². The van der Waals surface area contributed by atoms with Gasteiger partial charge in [0.05, 0.1) is 19.0 Å². The number of nitrogens with zero attached hydrogens (tertiary/aromatic N) is 1. The summed E-state index contributed by atoms with van der Waals surface area (Å²) in [5, 5.41) is 11.4. The number of rotatable bonds is 5. The lowest BCUT2D eigenvalue weighted by molar-refractivity contribution is -0.138. The number of nitrogens with two attached hydrogens (primary N) is 1. The number of carbonyl (C=O) groups is 1. The molecule has 15 heavy (non-hydrogen) atoms. The van der Waals surface area contributed by atoms with Gasteiger partial charge in [0.2, 0.25) is 5.88 Å². The van der Waals surface area contributed by atoms with Crippen molar-refractivity contribution in [3.8, 4) is 5.88 Å². The fraction of sp³-hybridized carbons (Fsp3) is 0.333. The summed E-state index contributed by atoms with van der Waals surface area (Å²) in [5.74, 6) is -0.535. The van der Waals surface area contributed by atoms with E-state index in [0.717, 1.165) is 0 Å². The van der Waals surface area contributed by atoms with Crippen molar-refractivity contribution in [2.75, 3.05) is 19.0 Å². The molecule has 0 bridgehead atoms. The molecule has 0 saturated heterocycles. The molecule has 1 aromatic rings. The van der Waals surface area contributed by atoms with Crippen LogP contribution in [0.1, 0.15) is 0 Å². The molecule has 82 valence electrons. The first-order valence-corrected chi connectivity index (χ1v) is 4.36. The third-order valence-electron chi connectivity index (χ3n) is 1.79. The summed E-state index contributed by atoms with van der Waals surface area (Å²) in [6.45, 7) is 0.156. The van der Waals surface area contributed by atoms with E-state index in [4.69, 9.17) is 15.6 Å². The van der Waals surface area contributed by atoms with Crippen LogP contribution >= 0.6 is 0 Å². The molecule has 1 rings (SSSR count). The van der Waals surface area contributed by atoms with E-state index in [1.54, 1.807) is 18.3 Å². The molecule has 0 radical (unpaired) electrons. The van der Waals surface area contributed by atoms with Crippen LogP contribution in [0.15, 0.2) is 18.3 Å².